The molecule has 2 N–H and O–H groups in total. The van der Waals surface area contributed by atoms with Gasteiger partial charge in [-0.3, -0.25) is 14.9 Å². The van der Waals surface area contributed by atoms with Crippen LogP contribution in [-0.2, 0) is 4.79 Å². The van der Waals surface area contributed by atoms with Gasteiger partial charge in [-0.1, -0.05) is 12.8 Å². The van der Waals surface area contributed by atoms with Crippen LogP contribution in [0.25, 0.3) is 11.0 Å². The number of benzene rings is 2. The Morgan fingerprint density at radius 1 is 1.07 bits per heavy atom. The third-order valence-electron chi connectivity index (χ3n) is 5.11. The molecule has 4 rings (SSSR count). The highest BCUT2D eigenvalue weighted by Crippen LogP contribution is 2.40. The summed E-state index contributed by atoms with van der Waals surface area (Å²) >= 11 is 0. The zero-order chi connectivity index (χ0) is 21.1. The van der Waals surface area contributed by atoms with Gasteiger partial charge in [-0.05, 0) is 53.5 Å². The van der Waals surface area contributed by atoms with Gasteiger partial charge in [-0.2, -0.15) is 0 Å². The molecule has 1 fully saturated rings. The molecule has 0 spiro atoms. The zero-order valence-electron chi connectivity index (χ0n) is 16.6. The zero-order valence-corrected chi connectivity index (χ0v) is 16.6. The number of aromatic nitrogens is 2. The van der Waals surface area contributed by atoms with Crippen molar-refractivity contribution in [1.29, 1.82) is 0 Å². The van der Waals surface area contributed by atoms with Gasteiger partial charge >= 0.3 is 5.69 Å². The summed E-state index contributed by atoms with van der Waals surface area (Å²) in [5, 5.41) is 25.4. The van der Waals surface area contributed by atoms with Gasteiger partial charge in [0.1, 0.15) is 5.69 Å². The number of nitro groups is 1. The molecular weight excluding hydrogens is 388 g/mol. The van der Waals surface area contributed by atoms with E-state index in [4.69, 9.17) is 4.63 Å². The average Bonchev–Trinajstić information content (AvgIpc) is 3.02. The quantitative estimate of drug-likeness (QED) is 0.473. The Morgan fingerprint density at radius 2 is 1.70 bits per heavy atom. The molecule has 1 aromatic heterocycles. The topological polar surface area (TPSA) is 126 Å². The summed E-state index contributed by atoms with van der Waals surface area (Å²) in [5.74, 6) is -0.169. The lowest BCUT2D eigenvalue weighted by atomic mass is 10.1. The first-order valence-electron chi connectivity index (χ1n) is 9.86. The number of rotatable bonds is 5. The lowest BCUT2D eigenvalue weighted by Crippen LogP contribution is -2.24. The maximum absolute atomic E-state index is 11.8. The van der Waals surface area contributed by atoms with Crippen LogP contribution in [-0.4, -0.2) is 34.2 Å². The standard InChI is InChI=1S/C20H22N6O4/c1-13(27)21-14-6-8-15(9-7-14)22-16-12-17(25-10-4-2-3-5-11-25)18-19(24-30-23-18)20(16)26(28)29/h6-9,12,22H,2-5,10-11H2,1H3,(H,21,27). The first-order valence-corrected chi connectivity index (χ1v) is 9.86. The summed E-state index contributed by atoms with van der Waals surface area (Å²) < 4.78 is 4.88. The molecule has 0 unspecified atom stereocenters. The van der Waals surface area contributed by atoms with E-state index in [1.165, 1.54) is 6.92 Å². The minimum Gasteiger partial charge on any atom is -0.370 e. The number of hydrogen-bond donors (Lipinski definition) is 2. The fourth-order valence-corrected chi connectivity index (χ4v) is 3.74. The lowest BCUT2D eigenvalue weighted by molar-refractivity contribution is -0.382. The second-order valence-corrected chi connectivity index (χ2v) is 7.30. The van der Waals surface area contributed by atoms with Gasteiger partial charge in [0, 0.05) is 31.4 Å². The van der Waals surface area contributed by atoms with E-state index >= 15 is 0 Å². The Hall–Kier alpha value is -3.69. The van der Waals surface area contributed by atoms with Crippen molar-refractivity contribution in [3.05, 3.63) is 40.4 Å². The van der Waals surface area contributed by atoms with Crippen LogP contribution >= 0.6 is 0 Å². The molecule has 0 bridgehead atoms. The van der Waals surface area contributed by atoms with Crippen LogP contribution < -0.4 is 15.5 Å². The van der Waals surface area contributed by atoms with Gasteiger partial charge in [-0.25, -0.2) is 4.63 Å². The number of nitrogens with zero attached hydrogens (tertiary/aromatic N) is 4. The van der Waals surface area contributed by atoms with Crippen molar-refractivity contribution in [3.8, 4) is 0 Å². The molecule has 2 aromatic carbocycles. The third kappa shape index (κ3) is 4.02. The molecule has 0 radical (unpaired) electrons. The number of anilines is 4. The third-order valence-corrected chi connectivity index (χ3v) is 5.11. The first kappa shape index (κ1) is 19.6. The van der Waals surface area contributed by atoms with Crippen molar-refractivity contribution in [2.45, 2.75) is 32.6 Å². The average molecular weight is 410 g/mol. The Bertz CT molecular complexity index is 1070. The van der Waals surface area contributed by atoms with Crippen LogP contribution in [0.15, 0.2) is 35.0 Å². The molecule has 1 saturated heterocycles. The second-order valence-electron chi connectivity index (χ2n) is 7.30. The van der Waals surface area contributed by atoms with Gasteiger partial charge in [0.2, 0.25) is 11.4 Å². The molecule has 30 heavy (non-hydrogen) atoms. The van der Waals surface area contributed by atoms with E-state index in [0.29, 0.717) is 22.6 Å². The number of nitrogens with one attached hydrogen (secondary N) is 2. The van der Waals surface area contributed by atoms with Crippen LogP contribution in [0, 0.1) is 10.1 Å². The number of carbonyl (C=O) groups excluding carboxylic acids is 1. The number of amides is 1. The smallest absolute Gasteiger partial charge is 0.324 e. The Balaban J connectivity index is 1.74. The Kier molecular flexibility index (Phi) is 5.46. The van der Waals surface area contributed by atoms with Crippen molar-refractivity contribution in [3.63, 3.8) is 0 Å². The van der Waals surface area contributed by atoms with E-state index in [9.17, 15) is 14.9 Å². The minimum absolute atomic E-state index is 0.124. The highest BCUT2D eigenvalue weighted by molar-refractivity contribution is 6.00. The van der Waals surface area contributed by atoms with Crippen LogP contribution in [0.3, 0.4) is 0 Å². The second kappa shape index (κ2) is 8.36. The van der Waals surface area contributed by atoms with Crippen LogP contribution in [0.2, 0.25) is 0 Å². The molecule has 0 saturated carbocycles. The van der Waals surface area contributed by atoms with Crippen molar-refractivity contribution < 1.29 is 14.3 Å². The van der Waals surface area contributed by atoms with E-state index in [-0.39, 0.29) is 17.1 Å². The number of carbonyl (C=O) groups is 1. The molecule has 1 aliphatic heterocycles. The lowest BCUT2D eigenvalue weighted by Gasteiger charge is -2.23. The molecule has 10 heteroatoms. The number of hydrogen-bond acceptors (Lipinski definition) is 8. The predicted octanol–water partition coefficient (Wildman–Crippen LogP) is 4.21. The van der Waals surface area contributed by atoms with Crippen LogP contribution in [0.4, 0.5) is 28.4 Å². The first-order chi connectivity index (χ1) is 14.5. The van der Waals surface area contributed by atoms with Crippen molar-refractivity contribution in [2.75, 3.05) is 28.6 Å². The number of fused-ring (bicyclic) bond motifs is 1. The monoisotopic (exact) mass is 410 g/mol. The Morgan fingerprint density at radius 3 is 2.33 bits per heavy atom. The summed E-state index contributed by atoms with van der Waals surface area (Å²) in [5.41, 5.74) is 2.71. The molecule has 1 aliphatic rings. The molecule has 10 nitrogen and oxygen atoms in total. The molecule has 0 aliphatic carbocycles. The van der Waals surface area contributed by atoms with Gasteiger partial charge in [-0.15, -0.1) is 0 Å². The normalized spacial score (nSPS) is 14.4. The maximum Gasteiger partial charge on any atom is 0.324 e. The molecule has 1 amide bonds. The van der Waals surface area contributed by atoms with E-state index in [2.05, 4.69) is 25.8 Å². The number of nitro benzene ring substituents is 1. The summed E-state index contributed by atoms with van der Waals surface area (Å²) in [7, 11) is 0. The molecular formula is C20H22N6O4. The summed E-state index contributed by atoms with van der Waals surface area (Å²) in [6.45, 7) is 3.14. The van der Waals surface area contributed by atoms with Crippen LogP contribution in [0.1, 0.15) is 32.6 Å². The van der Waals surface area contributed by atoms with Gasteiger partial charge in [0.05, 0.1) is 10.6 Å². The van der Waals surface area contributed by atoms with Crippen LogP contribution in [0.5, 0.6) is 0 Å². The van der Waals surface area contributed by atoms with Gasteiger partial charge < -0.3 is 15.5 Å². The van der Waals surface area contributed by atoms with E-state index in [1.807, 2.05) is 0 Å². The highest BCUT2D eigenvalue weighted by Gasteiger charge is 2.28. The molecule has 0 atom stereocenters. The van der Waals surface area contributed by atoms with Gasteiger partial charge in [0.25, 0.3) is 0 Å². The summed E-state index contributed by atoms with van der Waals surface area (Å²) in [4.78, 5) is 24.7. The molecule has 2 heterocycles. The largest absolute Gasteiger partial charge is 0.370 e. The van der Waals surface area contributed by atoms with E-state index < -0.39 is 4.92 Å². The fourth-order valence-electron chi connectivity index (χ4n) is 3.74. The Labute approximate surface area is 172 Å². The predicted molar refractivity (Wildman–Crippen MR) is 113 cm³/mol. The molecule has 156 valence electrons. The van der Waals surface area contributed by atoms with Crippen molar-refractivity contribution >= 4 is 45.4 Å². The minimum atomic E-state index is -0.479. The van der Waals surface area contributed by atoms with Crippen molar-refractivity contribution in [2.24, 2.45) is 0 Å². The fraction of sp³-hybridized carbons (Fsp3) is 0.350. The van der Waals surface area contributed by atoms with E-state index in [0.717, 1.165) is 44.5 Å². The maximum atomic E-state index is 11.8. The summed E-state index contributed by atoms with van der Waals surface area (Å²) in [6, 6.07) is 8.68. The van der Waals surface area contributed by atoms with Gasteiger partial charge in [0.15, 0.2) is 5.52 Å². The van der Waals surface area contributed by atoms with E-state index in [1.54, 1.807) is 30.3 Å². The highest BCUT2D eigenvalue weighted by atomic mass is 16.6. The summed E-state index contributed by atoms with van der Waals surface area (Å²) in [6.07, 6.45) is 4.43. The van der Waals surface area contributed by atoms with Crippen molar-refractivity contribution in [1.82, 2.24) is 10.3 Å². The molecule has 3 aromatic rings. The SMILES string of the molecule is CC(=O)Nc1ccc(Nc2cc(N3CCCCCC3)c3nonc3c2[N+](=O)[O-])cc1.